The van der Waals surface area contributed by atoms with Crippen LogP contribution in [0.25, 0.3) is 43.8 Å². The molecule has 0 saturated heterocycles. The second-order valence-corrected chi connectivity index (χ2v) is 9.35. The fraction of sp³-hybridized carbons (Fsp3) is 0.0588. The SMILES string of the molecule is COc1c2ccccc2c(C2(O)c3ccccc3-c3ccccc3-c3ccccc32)c2ccccc12. The Kier molecular flexibility index (Phi) is 4.54. The van der Waals surface area contributed by atoms with Gasteiger partial charge in [-0.1, -0.05) is 121 Å². The summed E-state index contributed by atoms with van der Waals surface area (Å²) in [6.45, 7) is 0. The first-order chi connectivity index (χ1) is 17.7. The van der Waals surface area contributed by atoms with Gasteiger partial charge in [0.25, 0.3) is 0 Å². The predicted octanol–water partition coefficient (Wildman–Crippen LogP) is 7.93. The third-order valence-electron chi connectivity index (χ3n) is 7.59. The highest BCUT2D eigenvalue weighted by atomic mass is 16.5. The first-order valence-electron chi connectivity index (χ1n) is 12.2. The Bertz CT molecular complexity index is 1670. The molecule has 0 bridgehead atoms. The van der Waals surface area contributed by atoms with Crippen LogP contribution in [-0.4, -0.2) is 12.2 Å². The molecule has 0 fully saturated rings. The van der Waals surface area contributed by atoms with Crippen LogP contribution in [0, 0.1) is 0 Å². The van der Waals surface area contributed by atoms with Crippen LogP contribution in [0.4, 0.5) is 0 Å². The van der Waals surface area contributed by atoms with E-state index in [1.165, 1.54) is 0 Å². The lowest BCUT2D eigenvalue weighted by Crippen LogP contribution is -2.30. The lowest BCUT2D eigenvalue weighted by atomic mass is 9.74. The highest BCUT2D eigenvalue weighted by Crippen LogP contribution is 2.54. The molecular weight excluding hydrogens is 440 g/mol. The van der Waals surface area contributed by atoms with Gasteiger partial charge in [-0.3, -0.25) is 0 Å². The second-order valence-electron chi connectivity index (χ2n) is 9.35. The van der Waals surface area contributed by atoms with Crippen LogP contribution in [-0.2, 0) is 5.60 Å². The van der Waals surface area contributed by atoms with E-state index in [0.29, 0.717) is 0 Å². The molecule has 172 valence electrons. The highest BCUT2D eigenvalue weighted by Gasteiger charge is 2.42. The number of ether oxygens (including phenoxy) is 1. The molecule has 0 saturated carbocycles. The molecule has 2 nitrogen and oxygen atoms in total. The van der Waals surface area contributed by atoms with Crippen LogP contribution in [0.15, 0.2) is 121 Å². The molecule has 2 heteroatoms. The van der Waals surface area contributed by atoms with Crippen molar-refractivity contribution in [3.8, 4) is 28.0 Å². The van der Waals surface area contributed by atoms with Gasteiger partial charge in [-0.2, -0.15) is 0 Å². The Morgan fingerprint density at radius 1 is 0.472 bits per heavy atom. The summed E-state index contributed by atoms with van der Waals surface area (Å²) >= 11 is 0. The maximum Gasteiger partial charge on any atom is 0.142 e. The van der Waals surface area contributed by atoms with E-state index in [2.05, 4.69) is 84.9 Å². The molecule has 7 rings (SSSR count). The van der Waals surface area contributed by atoms with Gasteiger partial charge in [-0.15, -0.1) is 0 Å². The van der Waals surface area contributed by atoms with Gasteiger partial charge in [0.15, 0.2) is 0 Å². The summed E-state index contributed by atoms with van der Waals surface area (Å²) in [5, 5.41) is 17.2. The van der Waals surface area contributed by atoms with Crippen molar-refractivity contribution < 1.29 is 9.84 Å². The molecule has 0 radical (unpaired) electrons. The third kappa shape index (κ3) is 2.71. The molecule has 0 atom stereocenters. The third-order valence-corrected chi connectivity index (χ3v) is 7.59. The molecule has 0 spiro atoms. The largest absolute Gasteiger partial charge is 0.495 e. The minimum atomic E-state index is -1.41. The Hall–Kier alpha value is -4.40. The summed E-state index contributed by atoms with van der Waals surface area (Å²) in [5.41, 5.74) is 5.55. The highest BCUT2D eigenvalue weighted by molar-refractivity contribution is 6.10. The van der Waals surface area contributed by atoms with Crippen molar-refractivity contribution >= 4 is 21.5 Å². The first-order valence-corrected chi connectivity index (χ1v) is 12.2. The van der Waals surface area contributed by atoms with Crippen molar-refractivity contribution in [3.63, 3.8) is 0 Å². The molecule has 36 heavy (non-hydrogen) atoms. The normalized spacial score (nSPS) is 13.5. The van der Waals surface area contributed by atoms with E-state index in [9.17, 15) is 5.11 Å². The van der Waals surface area contributed by atoms with E-state index in [-0.39, 0.29) is 0 Å². The van der Waals surface area contributed by atoms with Gasteiger partial charge in [0.2, 0.25) is 0 Å². The molecule has 1 aliphatic carbocycles. The monoisotopic (exact) mass is 464 g/mol. The molecule has 0 amide bonds. The first kappa shape index (κ1) is 20.9. The molecule has 1 aliphatic rings. The maximum atomic E-state index is 13.3. The number of rotatable bonds is 2. The summed E-state index contributed by atoms with van der Waals surface area (Å²) in [7, 11) is 1.72. The fourth-order valence-corrected chi connectivity index (χ4v) is 6.13. The zero-order chi connectivity index (χ0) is 24.3. The quantitative estimate of drug-likeness (QED) is 0.264. The van der Waals surface area contributed by atoms with Gasteiger partial charge < -0.3 is 9.84 Å². The van der Waals surface area contributed by atoms with Gasteiger partial charge in [-0.05, 0) is 33.0 Å². The number of aliphatic hydroxyl groups is 1. The summed E-state index contributed by atoms with van der Waals surface area (Å²) in [6.07, 6.45) is 0. The van der Waals surface area contributed by atoms with E-state index < -0.39 is 5.60 Å². The molecule has 0 aliphatic heterocycles. The predicted molar refractivity (Wildman–Crippen MR) is 147 cm³/mol. The summed E-state index contributed by atoms with van der Waals surface area (Å²) in [6, 6.07) is 41.5. The van der Waals surface area contributed by atoms with Crippen molar-refractivity contribution in [3.05, 3.63) is 138 Å². The minimum absolute atomic E-state index is 0.826. The van der Waals surface area contributed by atoms with E-state index in [4.69, 9.17) is 4.74 Å². The van der Waals surface area contributed by atoms with E-state index in [1.54, 1.807) is 7.11 Å². The molecule has 0 heterocycles. The summed E-state index contributed by atoms with van der Waals surface area (Å²) in [5.74, 6) is 0.826. The van der Waals surface area contributed by atoms with Crippen LogP contribution in [0.1, 0.15) is 16.7 Å². The smallest absolute Gasteiger partial charge is 0.142 e. The minimum Gasteiger partial charge on any atom is -0.495 e. The van der Waals surface area contributed by atoms with E-state index in [0.717, 1.165) is 66.2 Å². The Balaban J connectivity index is 1.75. The van der Waals surface area contributed by atoms with Crippen molar-refractivity contribution in [1.82, 2.24) is 0 Å². The van der Waals surface area contributed by atoms with Crippen molar-refractivity contribution in [1.29, 1.82) is 0 Å². The molecule has 6 aromatic carbocycles. The Labute approximate surface area is 210 Å². The number of fused-ring (bicyclic) bond motifs is 7. The Morgan fingerprint density at radius 3 is 1.28 bits per heavy atom. The average molecular weight is 465 g/mol. The lowest BCUT2D eigenvalue weighted by molar-refractivity contribution is 0.130. The molecule has 6 aromatic rings. The standard InChI is InChI=1S/C34H24O2/c1-36-33-28-18-6-4-16-26(28)32(27-17-5-7-19-29(27)33)34(35)30-20-10-8-14-24(30)22-12-2-3-13-23(22)25-15-9-11-21-31(25)34/h2-21,35H,1H3. The molecular formula is C34H24O2. The summed E-state index contributed by atoms with van der Waals surface area (Å²) in [4.78, 5) is 0. The van der Waals surface area contributed by atoms with Crippen LogP contribution < -0.4 is 4.74 Å². The number of hydrogen-bond donors (Lipinski definition) is 1. The maximum absolute atomic E-state index is 13.3. The number of methoxy groups -OCH3 is 1. The van der Waals surface area contributed by atoms with Crippen molar-refractivity contribution in [2.75, 3.05) is 7.11 Å². The van der Waals surface area contributed by atoms with Gasteiger partial charge >= 0.3 is 0 Å². The van der Waals surface area contributed by atoms with Crippen LogP contribution in [0.3, 0.4) is 0 Å². The second kappa shape index (κ2) is 7.81. The number of benzene rings is 6. The Morgan fingerprint density at radius 2 is 0.833 bits per heavy atom. The van der Waals surface area contributed by atoms with Gasteiger partial charge in [0.1, 0.15) is 11.4 Å². The average Bonchev–Trinajstić information content (AvgIpc) is 3.04. The van der Waals surface area contributed by atoms with Gasteiger partial charge in [0.05, 0.1) is 7.11 Å². The van der Waals surface area contributed by atoms with Crippen LogP contribution >= 0.6 is 0 Å². The zero-order valence-electron chi connectivity index (χ0n) is 19.9. The van der Waals surface area contributed by atoms with Gasteiger partial charge in [-0.25, -0.2) is 0 Å². The van der Waals surface area contributed by atoms with E-state index >= 15 is 0 Å². The molecule has 1 N–H and O–H groups in total. The van der Waals surface area contributed by atoms with Crippen LogP contribution in [0.5, 0.6) is 5.75 Å². The van der Waals surface area contributed by atoms with E-state index in [1.807, 2.05) is 36.4 Å². The summed E-state index contributed by atoms with van der Waals surface area (Å²) < 4.78 is 5.95. The number of hydrogen-bond acceptors (Lipinski definition) is 2. The van der Waals surface area contributed by atoms with Crippen LogP contribution in [0.2, 0.25) is 0 Å². The molecule has 0 unspecified atom stereocenters. The zero-order valence-corrected chi connectivity index (χ0v) is 19.9. The topological polar surface area (TPSA) is 29.5 Å². The molecule has 0 aromatic heterocycles. The van der Waals surface area contributed by atoms with Crippen molar-refractivity contribution in [2.45, 2.75) is 5.60 Å². The lowest BCUT2D eigenvalue weighted by Gasteiger charge is -2.34. The fourth-order valence-electron chi connectivity index (χ4n) is 6.13. The van der Waals surface area contributed by atoms with Gasteiger partial charge in [0, 0.05) is 27.5 Å². The van der Waals surface area contributed by atoms with Crippen molar-refractivity contribution in [2.24, 2.45) is 0 Å².